The number of amides is 2. The number of carbonyl (C=O) groups is 2. The monoisotopic (exact) mass is 419 g/mol. The van der Waals surface area contributed by atoms with Gasteiger partial charge in [-0.3, -0.25) is 14.5 Å². The Labute approximate surface area is 180 Å². The molecule has 0 saturated carbocycles. The van der Waals surface area contributed by atoms with Crippen LogP contribution in [0.3, 0.4) is 0 Å². The van der Waals surface area contributed by atoms with Crippen LogP contribution in [0.4, 0.5) is 0 Å². The second kappa shape index (κ2) is 11.4. The van der Waals surface area contributed by atoms with Gasteiger partial charge >= 0.3 is 0 Å². The van der Waals surface area contributed by atoms with Crippen LogP contribution in [0.5, 0.6) is 0 Å². The van der Waals surface area contributed by atoms with Gasteiger partial charge in [0, 0.05) is 38.6 Å². The fourth-order valence-corrected chi connectivity index (χ4v) is 3.35. The lowest BCUT2D eigenvalue weighted by Gasteiger charge is -2.36. The minimum Gasteiger partial charge on any atom is -0.344 e. The molecule has 1 N–H and O–H groups in total. The first-order chi connectivity index (χ1) is 13.9. The number of nitrogens with zero attached hydrogens (tertiary/aromatic N) is 2. The Balaban J connectivity index is 1.85. The molecule has 0 aromatic heterocycles. The molecule has 0 bridgehead atoms. The van der Waals surface area contributed by atoms with Crippen LogP contribution in [0.2, 0.25) is 0 Å². The molecule has 1 aromatic rings. The van der Waals surface area contributed by atoms with Gasteiger partial charge in [-0.1, -0.05) is 55.8 Å². The molecule has 0 spiro atoms. The first kappa shape index (κ1) is 23.4. The lowest BCUT2D eigenvalue weighted by Crippen LogP contribution is -2.56. The Hall–Kier alpha value is -1.85. The number of hydrogen-bond donors (Lipinski definition) is 1. The van der Waals surface area contributed by atoms with Gasteiger partial charge in [-0.2, -0.15) is 0 Å². The summed E-state index contributed by atoms with van der Waals surface area (Å²) >= 11 is 5.91. The van der Waals surface area contributed by atoms with Crippen molar-refractivity contribution < 1.29 is 9.59 Å². The van der Waals surface area contributed by atoms with Crippen molar-refractivity contribution in [3.8, 4) is 0 Å². The van der Waals surface area contributed by atoms with Gasteiger partial charge in [0.05, 0.1) is 5.41 Å². The smallest absolute Gasteiger partial charge is 0.245 e. The number of nitrogens with one attached hydrogen (secondary N) is 1. The molecule has 2 rings (SSSR count). The van der Waals surface area contributed by atoms with E-state index in [0.717, 1.165) is 26.1 Å². The molecule has 0 aliphatic carbocycles. The van der Waals surface area contributed by atoms with Crippen LogP contribution in [-0.4, -0.2) is 66.3 Å². The Bertz CT molecular complexity index is 683. The summed E-state index contributed by atoms with van der Waals surface area (Å²) in [6.07, 6.45) is 5.77. The lowest BCUT2D eigenvalue weighted by molar-refractivity contribution is -0.140. The molecule has 1 fully saturated rings. The van der Waals surface area contributed by atoms with E-state index in [2.05, 4.69) is 34.5 Å². The second-order valence-corrected chi connectivity index (χ2v) is 8.54. The summed E-state index contributed by atoms with van der Waals surface area (Å²) in [4.78, 5) is 29.7. The normalized spacial score (nSPS) is 16.8. The third kappa shape index (κ3) is 7.16. The van der Waals surface area contributed by atoms with E-state index in [1.165, 1.54) is 5.56 Å². The van der Waals surface area contributed by atoms with Crippen molar-refractivity contribution in [2.75, 3.05) is 38.6 Å². The van der Waals surface area contributed by atoms with E-state index in [-0.39, 0.29) is 17.7 Å². The standard InChI is InChI=1S/C23H34ClN3O2/c1-4-9-20(25-22(29)23(2,3)18-24)21(28)27-16-14-26(15-17-27)13-8-12-19-10-6-5-7-11-19/h5-8,10-12,20H,4,9,13-18H2,1-3H3,(H,25,29)/b12-8+. The van der Waals surface area contributed by atoms with Gasteiger partial charge in [0.25, 0.3) is 0 Å². The minimum absolute atomic E-state index is 0.0186. The molecule has 29 heavy (non-hydrogen) atoms. The van der Waals surface area contributed by atoms with Crippen molar-refractivity contribution in [1.82, 2.24) is 15.1 Å². The molecular weight excluding hydrogens is 386 g/mol. The van der Waals surface area contributed by atoms with E-state index in [4.69, 9.17) is 11.6 Å². The SMILES string of the molecule is CCCC(NC(=O)C(C)(C)CCl)C(=O)N1CCN(C/C=C/c2ccccc2)CC1. The number of rotatable bonds is 9. The number of hydrogen-bond acceptors (Lipinski definition) is 3. The van der Waals surface area contributed by atoms with Crippen LogP contribution in [0.1, 0.15) is 39.2 Å². The lowest BCUT2D eigenvalue weighted by atomic mass is 9.94. The quantitative estimate of drug-likeness (QED) is 0.624. The van der Waals surface area contributed by atoms with Gasteiger partial charge in [-0.15, -0.1) is 11.6 Å². The molecule has 1 aromatic carbocycles. The topological polar surface area (TPSA) is 52.7 Å². The molecule has 1 aliphatic heterocycles. The van der Waals surface area contributed by atoms with Crippen molar-refractivity contribution >= 4 is 29.5 Å². The van der Waals surface area contributed by atoms with Gasteiger partial charge in [0.15, 0.2) is 0 Å². The van der Waals surface area contributed by atoms with Gasteiger partial charge in [-0.05, 0) is 25.8 Å². The molecule has 5 nitrogen and oxygen atoms in total. The van der Waals surface area contributed by atoms with E-state index in [9.17, 15) is 9.59 Å². The Morgan fingerprint density at radius 2 is 1.83 bits per heavy atom. The van der Waals surface area contributed by atoms with Crippen molar-refractivity contribution in [2.45, 2.75) is 39.7 Å². The minimum atomic E-state index is -0.683. The van der Waals surface area contributed by atoms with Gasteiger partial charge < -0.3 is 10.2 Å². The van der Waals surface area contributed by atoms with Gasteiger partial charge in [-0.25, -0.2) is 0 Å². The molecule has 0 radical (unpaired) electrons. The maximum Gasteiger partial charge on any atom is 0.245 e. The number of benzene rings is 1. The van der Waals surface area contributed by atoms with Crippen LogP contribution in [0.25, 0.3) is 6.08 Å². The highest BCUT2D eigenvalue weighted by atomic mass is 35.5. The summed E-state index contributed by atoms with van der Waals surface area (Å²) in [7, 11) is 0. The van der Waals surface area contributed by atoms with Crippen molar-refractivity contribution in [2.24, 2.45) is 5.41 Å². The van der Waals surface area contributed by atoms with Crippen LogP contribution in [-0.2, 0) is 9.59 Å². The Kier molecular flexibility index (Phi) is 9.18. The van der Waals surface area contributed by atoms with Crippen molar-refractivity contribution in [3.63, 3.8) is 0 Å². The summed E-state index contributed by atoms with van der Waals surface area (Å²) in [6, 6.07) is 9.77. The molecule has 2 amide bonds. The van der Waals surface area contributed by atoms with E-state index in [0.29, 0.717) is 19.5 Å². The number of alkyl halides is 1. The highest BCUT2D eigenvalue weighted by Gasteiger charge is 2.32. The van der Waals surface area contributed by atoms with Crippen molar-refractivity contribution in [3.05, 3.63) is 42.0 Å². The summed E-state index contributed by atoms with van der Waals surface area (Å²) < 4.78 is 0. The summed E-state index contributed by atoms with van der Waals surface area (Å²) in [5, 5.41) is 2.93. The van der Waals surface area contributed by atoms with Crippen LogP contribution in [0.15, 0.2) is 36.4 Å². The number of carbonyl (C=O) groups excluding carboxylic acids is 2. The predicted octanol–water partition coefficient (Wildman–Crippen LogP) is 3.39. The molecule has 1 aliphatic rings. The molecular formula is C23H34ClN3O2. The third-order valence-electron chi connectivity index (χ3n) is 5.29. The van der Waals surface area contributed by atoms with Gasteiger partial charge in [0.1, 0.15) is 6.04 Å². The maximum absolute atomic E-state index is 13.0. The van der Waals surface area contributed by atoms with Crippen molar-refractivity contribution in [1.29, 1.82) is 0 Å². The molecule has 1 heterocycles. The molecule has 6 heteroatoms. The first-order valence-electron chi connectivity index (χ1n) is 10.5. The Morgan fingerprint density at radius 3 is 2.41 bits per heavy atom. The zero-order valence-electron chi connectivity index (χ0n) is 17.9. The maximum atomic E-state index is 13.0. The highest BCUT2D eigenvalue weighted by molar-refractivity contribution is 6.19. The molecule has 1 unspecified atom stereocenters. The Morgan fingerprint density at radius 1 is 1.17 bits per heavy atom. The zero-order chi connectivity index (χ0) is 21.3. The number of halogens is 1. The third-order valence-corrected chi connectivity index (χ3v) is 5.96. The number of piperazine rings is 1. The summed E-state index contributed by atoms with van der Waals surface area (Å²) in [5.74, 6) is 0.0788. The fraction of sp³-hybridized carbons (Fsp3) is 0.565. The van der Waals surface area contributed by atoms with Gasteiger partial charge in [0.2, 0.25) is 11.8 Å². The molecule has 1 atom stereocenters. The molecule has 160 valence electrons. The van der Waals surface area contributed by atoms with E-state index in [1.54, 1.807) is 13.8 Å². The van der Waals surface area contributed by atoms with Crippen LogP contribution >= 0.6 is 11.6 Å². The van der Waals surface area contributed by atoms with Crippen LogP contribution in [0, 0.1) is 5.41 Å². The average Bonchev–Trinajstić information content (AvgIpc) is 2.74. The molecule has 1 saturated heterocycles. The summed E-state index contributed by atoms with van der Waals surface area (Å²) in [5.41, 5.74) is 0.511. The summed E-state index contributed by atoms with van der Waals surface area (Å²) in [6.45, 7) is 9.54. The highest BCUT2D eigenvalue weighted by Crippen LogP contribution is 2.18. The predicted molar refractivity (Wildman–Crippen MR) is 120 cm³/mol. The van der Waals surface area contributed by atoms with Crippen LogP contribution < -0.4 is 5.32 Å². The van der Waals surface area contributed by atoms with E-state index in [1.807, 2.05) is 30.0 Å². The van der Waals surface area contributed by atoms with E-state index >= 15 is 0 Å². The first-order valence-corrected chi connectivity index (χ1v) is 11.0. The zero-order valence-corrected chi connectivity index (χ0v) is 18.6. The largest absolute Gasteiger partial charge is 0.344 e. The second-order valence-electron chi connectivity index (χ2n) is 8.27. The average molecular weight is 420 g/mol. The van der Waals surface area contributed by atoms with E-state index < -0.39 is 11.5 Å². The fourth-order valence-electron chi connectivity index (χ4n) is 3.23.